The lowest BCUT2D eigenvalue weighted by Crippen LogP contribution is -2.30. The zero-order valence-corrected chi connectivity index (χ0v) is 14.2. The molecule has 8 heteroatoms. The van der Waals surface area contributed by atoms with Gasteiger partial charge in [-0.1, -0.05) is 25.4 Å². The molecule has 0 radical (unpaired) electrons. The number of hydrogen-bond acceptors (Lipinski definition) is 4. The highest BCUT2D eigenvalue weighted by Crippen LogP contribution is 2.25. The van der Waals surface area contributed by atoms with Crippen molar-refractivity contribution in [2.24, 2.45) is 0 Å². The molecule has 0 unspecified atom stereocenters. The summed E-state index contributed by atoms with van der Waals surface area (Å²) in [5, 5.41) is -0.0665. The van der Waals surface area contributed by atoms with Crippen LogP contribution in [0, 0.1) is 5.82 Å². The Kier molecular flexibility index (Phi) is 5.56. The minimum absolute atomic E-state index is 0.0665. The number of rotatable bonds is 6. The SMILES string of the molecule is CCN(CC)S(=O)(=O)c1ccc(Oc2ccc(F)c(Cl)c2)nc1. The Hall–Kier alpha value is -1.70. The molecule has 0 aliphatic heterocycles. The van der Waals surface area contributed by atoms with Crippen molar-refractivity contribution in [1.82, 2.24) is 9.29 Å². The summed E-state index contributed by atoms with van der Waals surface area (Å²) in [7, 11) is -3.56. The van der Waals surface area contributed by atoms with E-state index in [1.807, 2.05) is 0 Å². The zero-order valence-electron chi connectivity index (χ0n) is 12.7. The first-order valence-corrected chi connectivity index (χ1v) is 8.79. The van der Waals surface area contributed by atoms with Crippen LogP contribution in [0.4, 0.5) is 4.39 Å². The Morgan fingerprint density at radius 1 is 1.22 bits per heavy atom. The largest absolute Gasteiger partial charge is 0.439 e. The minimum atomic E-state index is -3.56. The first-order chi connectivity index (χ1) is 10.9. The van der Waals surface area contributed by atoms with Crippen LogP contribution in [0.15, 0.2) is 41.4 Å². The Morgan fingerprint density at radius 3 is 2.43 bits per heavy atom. The number of sulfonamides is 1. The average molecular weight is 359 g/mol. The summed E-state index contributed by atoms with van der Waals surface area (Å²) < 4.78 is 44.5. The predicted molar refractivity (Wildman–Crippen MR) is 85.8 cm³/mol. The maximum atomic E-state index is 13.1. The van der Waals surface area contributed by atoms with E-state index in [4.69, 9.17) is 16.3 Å². The number of ether oxygens (including phenoxy) is 1. The van der Waals surface area contributed by atoms with Crippen molar-refractivity contribution in [3.63, 3.8) is 0 Å². The van der Waals surface area contributed by atoms with Crippen LogP contribution < -0.4 is 4.74 Å². The van der Waals surface area contributed by atoms with Gasteiger partial charge in [0.15, 0.2) is 0 Å². The summed E-state index contributed by atoms with van der Waals surface area (Å²) in [6.07, 6.45) is 1.23. The van der Waals surface area contributed by atoms with Gasteiger partial charge < -0.3 is 4.74 Å². The minimum Gasteiger partial charge on any atom is -0.439 e. The van der Waals surface area contributed by atoms with Crippen LogP contribution in [0.5, 0.6) is 11.6 Å². The molecule has 1 aromatic carbocycles. The summed E-state index contributed by atoms with van der Waals surface area (Å²) in [5.74, 6) is -0.0536. The third-order valence-electron chi connectivity index (χ3n) is 3.17. The molecule has 0 saturated carbocycles. The van der Waals surface area contributed by atoms with Gasteiger partial charge in [0.2, 0.25) is 15.9 Å². The van der Waals surface area contributed by atoms with E-state index >= 15 is 0 Å². The van der Waals surface area contributed by atoms with Crippen molar-refractivity contribution < 1.29 is 17.5 Å². The van der Waals surface area contributed by atoms with Gasteiger partial charge in [-0.05, 0) is 18.2 Å². The summed E-state index contributed by atoms with van der Waals surface area (Å²) in [6.45, 7) is 4.30. The Morgan fingerprint density at radius 2 is 1.91 bits per heavy atom. The molecule has 0 atom stereocenters. The molecule has 0 fully saturated rings. The maximum Gasteiger partial charge on any atom is 0.244 e. The molecule has 0 bridgehead atoms. The fraction of sp³-hybridized carbons (Fsp3) is 0.267. The molecule has 0 aliphatic carbocycles. The number of aromatic nitrogens is 1. The number of benzene rings is 1. The van der Waals surface area contributed by atoms with E-state index in [2.05, 4.69) is 4.98 Å². The molecular formula is C15H16ClFN2O3S. The molecule has 0 spiro atoms. The molecule has 0 N–H and O–H groups in total. The highest BCUT2D eigenvalue weighted by Gasteiger charge is 2.21. The van der Waals surface area contributed by atoms with Crippen molar-refractivity contribution in [3.05, 3.63) is 47.4 Å². The highest BCUT2D eigenvalue weighted by atomic mass is 35.5. The summed E-state index contributed by atoms with van der Waals surface area (Å²) >= 11 is 5.67. The molecule has 0 saturated heterocycles. The lowest BCUT2D eigenvalue weighted by atomic mass is 10.3. The van der Waals surface area contributed by atoms with Crippen LogP contribution in [-0.4, -0.2) is 30.8 Å². The first-order valence-electron chi connectivity index (χ1n) is 6.97. The van der Waals surface area contributed by atoms with Gasteiger partial charge in [-0.15, -0.1) is 0 Å². The number of nitrogens with zero attached hydrogens (tertiary/aromatic N) is 2. The van der Waals surface area contributed by atoms with E-state index in [1.165, 1.54) is 40.8 Å². The molecule has 2 rings (SSSR count). The second-order valence-electron chi connectivity index (χ2n) is 4.60. The summed E-state index contributed by atoms with van der Waals surface area (Å²) in [4.78, 5) is 4.07. The Balaban J connectivity index is 2.21. The second-order valence-corrected chi connectivity index (χ2v) is 6.94. The van der Waals surface area contributed by atoms with Crippen molar-refractivity contribution >= 4 is 21.6 Å². The van der Waals surface area contributed by atoms with E-state index in [9.17, 15) is 12.8 Å². The van der Waals surface area contributed by atoms with E-state index in [1.54, 1.807) is 13.8 Å². The average Bonchev–Trinajstić information content (AvgIpc) is 2.52. The van der Waals surface area contributed by atoms with Crippen LogP contribution in [0.2, 0.25) is 5.02 Å². The van der Waals surface area contributed by atoms with Crippen molar-refractivity contribution in [3.8, 4) is 11.6 Å². The van der Waals surface area contributed by atoms with Gasteiger partial charge in [0, 0.05) is 25.2 Å². The maximum absolute atomic E-state index is 13.1. The van der Waals surface area contributed by atoms with Crippen LogP contribution >= 0.6 is 11.6 Å². The topological polar surface area (TPSA) is 59.5 Å². The van der Waals surface area contributed by atoms with Gasteiger partial charge in [0.25, 0.3) is 0 Å². The van der Waals surface area contributed by atoms with Crippen LogP contribution in [0.25, 0.3) is 0 Å². The second kappa shape index (κ2) is 7.25. The number of pyridine rings is 1. The van der Waals surface area contributed by atoms with Gasteiger partial charge in [0.05, 0.1) is 11.2 Å². The van der Waals surface area contributed by atoms with Crippen LogP contribution in [0.3, 0.4) is 0 Å². The first kappa shape index (κ1) is 17.7. The van der Waals surface area contributed by atoms with Crippen molar-refractivity contribution in [2.75, 3.05) is 13.1 Å². The molecule has 0 amide bonds. The lowest BCUT2D eigenvalue weighted by molar-refractivity contribution is 0.443. The molecule has 124 valence electrons. The molecular weight excluding hydrogens is 343 g/mol. The lowest BCUT2D eigenvalue weighted by Gasteiger charge is -2.18. The molecule has 1 aromatic heterocycles. The Labute approximate surface area is 139 Å². The fourth-order valence-electron chi connectivity index (χ4n) is 1.95. The third kappa shape index (κ3) is 3.99. The van der Waals surface area contributed by atoms with Crippen LogP contribution in [0.1, 0.15) is 13.8 Å². The third-order valence-corrected chi connectivity index (χ3v) is 5.49. The predicted octanol–water partition coefficient (Wildman–Crippen LogP) is 3.70. The smallest absolute Gasteiger partial charge is 0.244 e. The van der Waals surface area contributed by atoms with Gasteiger partial charge in [0.1, 0.15) is 16.5 Å². The molecule has 1 heterocycles. The standard InChI is InChI=1S/C15H16ClFN2O3S/c1-3-19(4-2)23(20,21)12-6-8-15(18-10-12)22-11-5-7-14(17)13(16)9-11/h5-10H,3-4H2,1-2H3. The van der Waals surface area contributed by atoms with E-state index in [0.717, 1.165) is 0 Å². The zero-order chi connectivity index (χ0) is 17.0. The number of hydrogen-bond donors (Lipinski definition) is 0. The highest BCUT2D eigenvalue weighted by molar-refractivity contribution is 7.89. The van der Waals surface area contributed by atoms with Crippen molar-refractivity contribution in [1.29, 1.82) is 0 Å². The molecule has 0 aliphatic rings. The van der Waals surface area contributed by atoms with Crippen molar-refractivity contribution in [2.45, 2.75) is 18.7 Å². The quantitative estimate of drug-likeness (QED) is 0.790. The molecule has 23 heavy (non-hydrogen) atoms. The van der Waals surface area contributed by atoms with E-state index in [-0.39, 0.29) is 15.8 Å². The van der Waals surface area contributed by atoms with E-state index in [0.29, 0.717) is 18.8 Å². The normalized spacial score (nSPS) is 11.7. The van der Waals surface area contributed by atoms with Gasteiger partial charge in [-0.25, -0.2) is 17.8 Å². The summed E-state index contributed by atoms with van der Waals surface area (Å²) in [6, 6.07) is 6.76. The fourth-order valence-corrected chi connectivity index (χ4v) is 3.53. The Bertz CT molecular complexity index is 778. The monoisotopic (exact) mass is 358 g/mol. The van der Waals surface area contributed by atoms with Gasteiger partial charge in [-0.2, -0.15) is 4.31 Å². The number of halogens is 2. The van der Waals surface area contributed by atoms with E-state index < -0.39 is 15.8 Å². The van der Waals surface area contributed by atoms with Crippen LogP contribution in [-0.2, 0) is 10.0 Å². The van der Waals surface area contributed by atoms with Gasteiger partial charge in [-0.3, -0.25) is 0 Å². The van der Waals surface area contributed by atoms with Gasteiger partial charge >= 0.3 is 0 Å². The summed E-state index contributed by atoms with van der Waals surface area (Å²) in [5.41, 5.74) is 0. The molecule has 5 nitrogen and oxygen atoms in total. The molecule has 2 aromatic rings.